The lowest BCUT2D eigenvalue weighted by Gasteiger charge is -2.02. The number of halogens is 1. The number of amides is 1. The van der Waals surface area contributed by atoms with Crippen LogP contribution in [0.1, 0.15) is 11.1 Å². The summed E-state index contributed by atoms with van der Waals surface area (Å²) in [5.41, 5.74) is 3.29. The van der Waals surface area contributed by atoms with Gasteiger partial charge in [0.25, 0.3) is 0 Å². The molecular weight excluding hydrogens is 374 g/mol. The lowest BCUT2D eigenvalue weighted by molar-refractivity contribution is -0.113. The Morgan fingerprint density at radius 2 is 2.00 bits per heavy atom. The van der Waals surface area contributed by atoms with Gasteiger partial charge in [0.2, 0.25) is 11.0 Å². The number of rotatable bonds is 6. The van der Waals surface area contributed by atoms with Crippen molar-refractivity contribution in [2.45, 2.75) is 12.7 Å². The quantitative estimate of drug-likeness (QED) is 0.641. The topological polar surface area (TPSA) is 54.9 Å². The molecule has 128 valence electrons. The van der Waals surface area contributed by atoms with E-state index < -0.39 is 0 Å². The number of hydrogen-bond acceptors (Lipinski definition) is 5. The van der Waals surface area contributed by atoms with E-state index >= 15 is 0 Å². The van der Waals surface area contributed by atoms with Gasteiger partial charge in [-0.15, -0.1) is 22.0 Å². The molecule has 0 bridgehead atoms. The number of aromatic nitrogens is 2. The van der Waals surface area contributed by atoms with E-state index in [0.29, 0.717) is 15.9 Å². The number of nitrogens with zero attached hydrogens (tertiary/aromatic N) is 2. The Labute approximate surface area is 159 Å². The molecule has 1 amide bonds. The van der Waals surface area contributed by atoms with Crippen molar-refractivity contribution in [2.24, 2.45) is 0 Å². The molecule has 0 saturated carbocycles. The van der Waals surface area contributed by atoms with E-state index in [1.54, 1.807) is 0 Å². The normalized spacial score (nSPS) is 10.6. The Morgan fingerprint density at radius 3 is 2.76 bits per heavy atom. The number of aryl methyl sites for hydroxylation is 1. The average molecular weight is 390 g/mol. The predicted molar refractivity (Wildman–Crippen MR) is 106 cm³/mol. The van der Waals surface area contributed by atoms with Gasteiger partial charge in [-0.25, -0.2) is 0 Å². The minimum Gasteiger partial charge on any atom is -0.300 e. The third-order valence-electron chi connectivity index (χ3n) is 3.36. The molecule has 1 heterocycles. The van der Waals surface area contributed by atoms with Crippen molar-refractivity contribution < 1.29 is 4.79 Å². The highest BCUT2D eigenvalue weighted by Crippen LogP contribution is 2.26. The predicted octanol–water partition coefficient (Wildman–Crippen LogP) is 5.04. The van der Waals surface area contributed by atoms with Gasteiger partial charge < -0.3 is 0 Å². The summed E-state index contributed by atoms with van der Waals surface area (Å²) in [4.78, 5) is 12.0. The molecule has 0 spiro atoms. The largest absolute Gasteiger partial charge is 0.300 e. The molecule has 2 aromatic carbocycles. The van der Waals surface area contributed by atoms with Crippen LogP contribution < -0.4 is 5.32 Å². The highest BCUT2D eigenvalue weighted by molar-refractivity contribution is 7.99. The van der Waals surface area contributed by atoms with Gasteiger partial charge in [-0.3, -0.25) is 10.1 Å². The molecule has 1 aromatic heterocycles. The highest BCUT2D eigenvalue weighted by Gasteiger charge is 2.10. The lowest BCUT2D eigenvalue weighted by Crippen LogP contribution is -2.13. The van der Waals surface area contributed by atoms with Gasteiger partial charge in [0.15, 0.2) is 0 Å². The molecular formula is C18H16ClN3OS2. The van der Waals surface area contributed by atoms with Crippen molar-refractivity contribution in [1.29, 1.82) is 0 Å². The van der Waals surface area contributed by atoms with E-state index in [4.69, 9.17) is 11.6 Å². The molecule has 4 nitrogen and oxygen atoms in total. The van der Waals surface area contributed by atoms with Gasteiger partial charge in [-0.2, -0.15) is 0 Å². The smallest absolute Gasteiger partial charge is 0.236 e. The minimum atomic E-state index is -0.0846. The van der Waals surface area contributed by atoms with E-state index in [1.807, 2.05) is 55.5 Å². The highest BCUT2D eigenvalue weighted by atomic mass is 35.5. The van der Waals surface area contributed by atoms with Crippen LogP contribution in [0.5, 0.6) is 0 Å². The molecule has 0 atom stereocenters. The third kappa shape index (κ3) is 5.29. The number of nitrogens with one attached hydrogen (secondary N) is 1. The summed E-state index contributed by atoms with van der Waals surface area (Å²) in [5.74, 6) is 1.00. The fourth-order valence-electron chi connectivity index (χ4n) is 2.13. The maximum atomic E-state index is 12.0. The van der Waals surface area contributed by atoms with Crippen LogP contribution in [0.4, 0.5) is 5.13 Å². The Hall–Kier alpha value is -1.89. The fraction of sp³-hybridized carbons (Fsp3) is 0.167. The number of carbonyl (C=O) groups excluding carboxylic acids is 1. The van der Waals surface area contributed by atoms with Crippen molar-refractivity contribution in [1.82, 2.24) is 10.2 Å². The summed E-state index contributed by atoms with van der Waals surface area (Å²) in [5, 5.41) is 13.0. The first kappa shape index (κ1) is 17.9. The maximum absolute atomic E-state index is 12.0. The second-order valence-corrected chi connectivity index (χ2v) is 7.85. The third-order valence-corrected chi connectivity index (χ3v) is 5.49. The van der Waals surface area contributed by atoms with Gasteiger partial charge in [0.1, 0.15) is 5.01 Å². The van der Waals surface area contributed by atoms with E-state index in [-0.39, 0.29) is 5.91 Å². The summed E-state index contributed by atoms with van der Waals surface area (Å²) in [6, 6.07) is 15.7. The maximum Gasteiger partial charge on any atom is 0.236 e. The van der Waals surface area contributed by atoms with Crippen LogP contribution in [0.15, 0.2) is 48.5 Å². The zero-order chi connectivity index (χ0) is 17.6. The number of hydrogen-bond donors (Lipinski definition) is 1. The molecule has 0 aliphatic rings. The van der Waals surface area contributed by atoms with Crippen LogP contribution in [0, 0.1) is 6.92 Å². The molecule has 1 N–H and O–H groups in total. The summed E-state index contributed by atoms with van der Waals surface area (Å²) in [6.45, 7) is 2.04. The van der Waals surface area contributed by atoms with E-state index in [9.17, 15) is 4.79 Å². The van der Waals surface area contributed by atoms with Crippen LogP contribution in [0.2, 0.25) is 5.02 Å². The first-order chi connectivity index (χ1) is 12.1. The molecule has 0 radical (unpaired) electrons. The molecule has 0 aliphatic carbocycles. The first-order valence-electron chi connectivity index (χ1n) is 7.63. The molecule has 0 fully saturated rings. The number of carbonyl (C=O) groups is 1. The molecule has 0 unspecified atom stereocenters. The molecule has 0 aliphatic heterocycles. The van der Waals surface area contributed by atoms with Gasteiger partial charge in [-0.1, -0.05) is 64.9 Å². The number of thioether (sulfide) groups is 1. The summed E-state index contributed by atoms with van der Waals surface area (Å²) >= 11 is 8.86. The van der Waals surface area contributed by atoms with Crippen molar-refractivity contribution >= 4 is 45.7 Å². The Balaban J connectivity index is 1.50. The molecule has 0 saturated heterocycles. The van der Waals surface area contributed by atoms with Crippen molar-refractivity contribution in [2.75, 3.05) is 11.1 Å². The summed E-state index contributed by atoms with van der Waals surface area (Å²) < 4.78 is 0. The van der Waals surface area contributed by atoms with E-state index in [1.165, 1.54) is 28.7 Å². The molecule has 7 heteroatoms. The Kier molecular flexibility index (Phi) is 6.07. The van der Waals surface area contributed by atoms with Gasteiger partial charge in [-0.05, 0) is 24.6 Å². The molecule has 25 heavy (non-hydrogen) atoms. The zero-order valence-corrected chi connectivity index (χ0v) is 15.9. The Morgan fingerprint density at radius 1 is 1.20 bits per heavy atom. The lowest BCUT2D eigenvalue weighted by atomic mass is 10.2. The van der Waals surface area contributed by atoms with Crippen LogP contribution in [0.25, 0.3) is 10.6 Å². The average Bonchev–Trinajstić information content (AvgIpc) is 3.04. The van der Waals surface area contributed by atoms with Crippen molar-refractivity contribution in [3.8, 4) is 10.6 Å². The summed E-state index contributed by atoms with van der Waals surface area (Å²) in [7, 11) is 0. The first-order valence-corrected chi connectivity index (χ1v) is 9.97. The summed E-state index contributed by atoms with van der Waals surface area (Å²) in [6.07, 6.45) is 0. The van der Waals surface area contributed by atoms with Crippen LogP contribution in [0.3, 0.4) is 0 Å². The zero-order valence-electron chi connectivity index (χ0n) is 13.5. The fourth-order valence-corrected chi connectivity index (χ4v) is 3.88. The van der Waals surface area contributed by atoms with Crippen LogP contribution in [-0.2, 0) is 10.5 Å². The standard InChI is InChI=1S/C18H16ClN3OS2/c1-12-5-7-14(8-6-12)17-21-22-18(25-17)20-16(23)11-24-10-13-3-2-4-15(19)9-13/h2-9H,10-11H2,1H3,(H,20,22,23). The minimum absolute atomic E-state index is 0.0846. The number of benzene rings is 2. The van der Waals surface area contributed by atoms with Gasteiger partial charge in [0, 0.05) is 16.3 Å². The van der Waals surface area contributed by atoms with Gasteiger partial charge in [0.05, 0.1) is 5.75 Å². The Bertz CT molecular complexity index is 865. The molecule has 3 aromatic rings. The van der Waals surface area contributed by atoms with Crippen LogP contribution >= 0.6 is 34.7 Å². The van der Waals surface area contributed by atoms with Crippen molar-refractivity contribution in [3.05, 3.63) is 64.7 Å². The van der Waals surface area contributed by atoms with E-state index in [2.05, 4.69) is 15.5 Å². The van der Waals surface area contributed by atoms with Gasteiger partial charge >= 0.3 is 0 Å². The number of anilines is 1. The second-order valence-electron chi connectivity index (χ2n) is 5.45. The van der Waals surface area contributed by atoms with Crippen molar-refractivity contribution in [3.63, 3.8) is 0 Å². The molecule has 3 rings (SSSR count). The van der Waals surface area contributed by atoms with E-state index in [0.717, 1.165) is 21.9 Å². The van der Waals surface area contributed by atoms with Crippen LogP contribution in [-0.4, -0.2) is 21.9 Å². The SMILES string of the molecule is Cc1ccc(-c2nnc(NC(=O)CSCc3cccc(Cl)c3)s2)cc1. The second kappa shape index (κ2) is 8.47. The monoisotopic (exact) mass is 389 g/mol.